The van der Waals surface area contributed by atoms with Gasteiger partial charge in [0.15, 0.2) is 0 Å². The monoisotopic (exact) mass is 253 g/mol. The first-order valence-electron chi connectivity index (χ1n) is 6.07. The number of carboxylic acid groups (broad SMARTS) is 1. The minimum Gasteiger partial charge on any atom is -0.481 e. The standard InChI is InChI=1S/C13H19NO2S/c1-9-7-12(10(2)17-9)8-14-5-3-11(4-6-14)13(15)16/h7,11H,3-6,8H2,1-2H3,(H,15,16). The summed E-state index contributed by atoms with van der Waals surface area (Å²) in [4.78, 5) is 16.0. The predicted molar refractivity (Wildman–Crippen MR) is 69.4 cm³/mol. The molecule has 3 nitrogen and oxygen atoms in total. The van der Waals surface area contributed by atoms with Gasteiger partial charge in [0.05, 0.1) is 5.92 Å². The van der Waals surface area contributed by atoms with E-state index in [1.165, 1.54) is 15.3 Å². The van der Waals surface area contributed by atoms with Gasteiger partial charge in [0.25, 0.3) is 0 Å². The summed E-state index contributed by atoms with van der Waals surface area (Å²) >= 11 is 1.84. The summed E-state index contributed by atoms with van der Waals surface area (Å²) in [7, 11) is 0. The first kappa shape index (κ1) is 12.6. The lowest BCUT2D eigenvalue weighted by Gasteiger charge is -2.29. The van der Waals surface area contributed by atoms with Gasteiger partial charge in [-0.1, -0.05) is 0 Å². The van der Waals surface area contributed by atoms with Crippen LogP contribution in [0.15, 0.2) is 6.07 Å². The highest BCUT2D eigenvalue weighted by Crippen LogP contribution is 2.24. The summed E-state index contributed by atoms with van der Waals surface area (Å²) in [6.45, 7) is 7.09. The third-order valence-electron chi connectivity index (χ3n) is 3.47. The van der Waals surface area contributed by atoms with Crippen LogP contribution in [-0.4, -0.2) is 29.1 Å². The molecule has 1 aliphatic rings. The van der Waals surface area contributed by atoms with E-state index < -0.39 is 5.97 Å². The number of thiophene rings is 1. The molecule has 0 amide bonds. The molecule has 2 rings (SSSR count). The molecule has 0 radical (unpaired) electrons. The fourth-order valence-electron chi connectivity index (χ4n) is 2.42. The quantitative estimate of drug-likeness (QED) is 0.900. The van der Waals surface area contributed by atoms with E-state index in [-0.39, 0.29) is 5.92 Å². The summed E-state index contributed by atoms with van der Waals surface area (Å²) in [5, 5.41) is 8.94. The van der Waals surface area contributed by atoms with Crippen molar-refractivity contribution in [2.75, 3.05) is 13.1 Å². The number of carboxylic acids is 1. The van der Waals surface area contributed by atoms with Gasteiger partial charge in [-0.15, -0.1) is 11.3 Å². The molecule has 17 heavy (non-hydrogen) atoms. The lowest BCUT2D eigenvalue weighted by molar-refractivity contribution is -0.143. The number of aliphatic carboxylic acids is 1. The summed E-state index contributed by atoms with van der Waals surface area (Å²) in [5.41, 5.74) is 1.40. The van der Waals surface area contributed by atoms with Gasteiger partial charge in [-0.25, -0.2) is 0 Å². The molecule has 0 spiro atoms. The molecule has 0 aromatic carbocycles. The zero-order valence-corrected chi connectivity index (χ0v) is 11.2. The molecule has 1 saturated heterocycles. The largest absolute Gasteiger partial charge is 0.481 e. The number of likely N-dealkylation sites (tertiary alicyclic amines) is 1. The minimum atomic E-state index is -0.632. The van der Waals surface area contributed by atoms with E-state index in [4.69, 9.17) is 5.11 Å². The molecule has 0 bridgehead atoms. The smallest absolute Gasteiger partial charge is 0.306 e. The van der Waals surface area contributed by atoms with Gasteiger partial charge in [0.2, 0.25) is 0 Å². The summed E-state index contributed by atoms with van der Waals surface area (Å²) in [6, 6.07) is 2.25. The summed E-state index contributed by atoms with van der Waals surface area (Å²) in [6.07, 6.45) is 1.58. The van der Waals surface area contributed by atoms with Gasteiger partial charge < -0.3 is 5.11 Å². The van der Waals surface area contributed by atoms with E-state index >= 15 is 0 Å². The molecule has 4 heteroatoms. The first-order valence-corrected chi connectivity index (χ1v) is 6.89. The van der Waals surface area contributed by atoms with Crippen molar-refractivity contribution in [1.29, 1.82) is 0 Å². The van der Waals surface area contributed by atoms with Gasteiger partial charge in [-0.3, -0.25) is 9.69 Å². The van der Waals surface area contributed by atoms with Crippen LogP contribution in [0.1, 0.15) is 28.2 Å². The van der Waals surface area contributed by atoms with E-state index in [1.54, 1.807) is 0 Å². The van der Waals surface area contributed by atoms with Crippen molar-refractivity contribution in [2.24, 2.45) is 5.92 Å². The number of aryl methyl sites for hydroxylation is 2. The molecule has 0 unspecified atom stereocenters. The molecular weight excluding hydrogens is 234 g/mol. The van der Waals surface area contributed by atoms with Crippen molar-refractivity contribution in [2.45, 2.75) is 33.2 Å². The number of rotatable bonds is 3. The number of piperidine rings is 1. The molecular formula is C13H19NO2S. The van der Waals surface area contributed by atoms with Crippen molar-refractivity contribution >= 4 is 17.3 Å². The van der Waals surface area contributed by atoms with Crippen LogP contribution in [0.25, 0.3) is 0 Å². The second kappa shape index (κ2) is 5.19. The van der Waals surface area contributed by atoms with Crippen LogP contribution in [0.3, 0.4) is 0 Å². The van der Waals surface area contributed by atoms with Crippen molar-refractivity contribution in [3.63, 3.8) is 0 Å². The molecule has 0 saturated carbocycles. The predicted octanol–water partition coefficient (Wildman–Crippen LogP) is 2.66. The van der Waals surface area contributed by atoms with Crippen LogP contribution in [0.2, 0.25) is 0 Å². The Morgan fingerprint density at radius 2 is 2.12 bits per heavy atom. The van der Waals surface area contributed by atoms with Gasteiger partial charge in [0, 0.05) is 16.3 Å². The Hall–Kier alpha value is -0.870. The number of hydrogen-bond acceptors (Lipinski definition) is 3. The van der Waals surface area contributed by atoms with Crippen molar-refractivity contribution in [1.82, 2.24) is 4.90 Å². The zero-order chi connectivity index (χ0) is 12.4. The Kier molecular flexibility index (Phi) is 3.84. The lowest BCUT2D eigenvalue weighted by Crippen LogP contribution is -2.35. The second-order valence-corrected chi connectivity index (χ2v) is 6.29. The highest BCUT2D eigenvalue weighted by atomic mass is 32.1. The van der Waals surface area contributed by atoms with Gasteiger partial charge in [-0.2, -0.15) is 0 Å². The molecule has 0 aliphatic carbocycles. The lowest BCUT2D eigenvalue weighted by atomic mass is 9.97. The molecule has 1 fully saturated rings. The number of carbonyl (C=O) groups is 1. The van der Waals surface area contributed by atoms with Crippen LogP contribution in [0.5, 0.6) is 0 Å². The van der Waals surface area contributed by atoms with Crippen molar-refractivity contribution < 1.29 is 9.90 Å². The van der Waals surface area contributed by atoms with Crippen LogP contribution < -0.4 is 0 Å². The molecule has 1 N–H and O–H groups in total. The number of nitrogens with zero attached hydrogens (tertiary/aromatic N) is 1. The molecule has 2 heterocycles. The maximum atomic E-state index is 10.9. The minimum absolute atomic E-state index is 0.128. The van der Waals surface area contributed by atoms with E-state index in [0.717, 1.165) is 32.5 Å². The molecule has 1 aliphatic heterocycles. The summed E-state index contributed by atoms with van der Waals surface area (Å²) in [5.74, 6) is -0.760. The molecule has 1 aromatic heterocycles. The molecule has 1 aromatic rings. The Labute approximate surface area is 106 Å². The fourth-order valence-corrected chi connectivity index (χ4v) is 3.36. The SMILES string of the molecule is Cc1cc(CN2CCC(C(=O)O)CC2)c(C)s1. The van der Waals surface area contributed by atoms with Crippen LogP contribution in [-0.2, 0) is 11.3 Å². The van der Waals surface area contributed by atoms with Gasteiger partial charge in [-0.05, 0) is 51.4 Å². The summed E-state index contributed by atoms with van der Waals surface area (Å²) < 4.78 is 0. The molecule has 94 valence electrons. The number of hydrogen-bond donors (Lipinski definition) is 1. The normalized spacial score (nSPS) is 18.5. The maximum absolute atomic E-state index is 10.9. The Morgan fingerprint density at radius 1 is 1.47 bits per heavy atom. The van der Waals surface area contributed by atoms with Crippen LogP contribution >= 0.6 is 11.3 Å². The van der Waals surface area contributed by atoms with Crippen LogP contribution in [0, 0.1) is 19.8 Å². The average Bonchev–Trinajstić information content (AvgIpc) is 2.58. The Morgan fingerprint density at radius 3 is 2.59 bits per heavy atom. The highest BCUT2D eigenvalue weighted by molar-refractivity contribution is 7.12. The van der Waals surface area contributed by atoms with E-state index in [2.05, 4.69) is 24.8 Å². The second-order valence-electron chi connectivity index (χ2n) is 4.83. The van der Waals surface area contributed by atoms with Crippen LogP contribution in [0.4, 0.5) is 0 Å². The third-order valence-corrected chi connectivity index (χ3v) is 4.48. The third kappa shape index (κ3) is 3.07. The Balaban J connectivity index is 1.90. The first-order chi connectivity index (χ1) is 8.06. The molecule has 0 atom stereocenters. The fraction of sp³-hybridized carbons (Fsp3) is 0.615. The van der Waals surface area contributed by atoms with Crippen molar-refractivity contribution in [3.05, 3.63) is 21.4 Å². The average molecular weight is 253 g/mol. The van der Waals surface area contributed by atoms with Gasteiger partial charge in [0.1, 0.15) is 0 Å². The van der Waals surface area contributed by atoms with E-state index in [1.807, 2.05) is 11.3 Å². The zero-order valence-electron chi connectivity index (χ0n) is 10.4. The van der Waals surface area contributed by atoms with E-state index in [9.17, 15) is 4.79 Å². The van der Waals surface area contributed by atoms with E-state index in [0.29, 0.717) is 0 Å². The van der Waals surface area contributed by atoms with Crippen molar-refractivity contribution in [3.8, 4) is 0 Å². The van der Waals surface area contributed by atoms with Gasteiger partial charge >= 0.3 is 5.97 Å². The highest BCUT2D eigenvalue weighted by Gasteiger charge is 2.24. The Bertz CT molecular complexity index is 406. The maximum Gasteiger partial charge on any atom is 0.306 e. The topological polar surface area (TPSA) is 40.5 Å².